The van der Waals surface area contributed by atoms with Gasteiger partial charge in [-0.05, 0) is 13.5 Å². The Bertz CT molecular complexity index is 254. The molecule has 2 saturated heterocycles. The minimum atomic E-state index is -0.766. The second-order valence-electron chi connectivity index (χ2n) is 4.68. The lowest BCUT2D eigenvalue weighted by atomic mass is 10.2. The van der Waals surface area contributed by atoms with E-state index in [9.17, 15) is 10.1 Å². The molecule has 2 rings (SSSR count). The number of ether oxygens (including phenoxy) is 1. The minimum absolute atomic E-state index is 0.0545. The van der Waals surface area contributed by atoms with E-state index in [1.807, 2.05) is 0 Å². The third-order valence-electron chi connectivity index (χ3n) is 3.38. The number of rotatable bonds is 3. The summed E-state index contributed by atoms with van der Waals surface area (Å²) in [6.07, 6.45) is 0.667. The van der Waals surface area contributed by atoms with E-state index in [2.05, 4.69) is 16.8 Å². The fourth-order valence-electron chi connectivity index (χ4n) is 2.29. The van der Waals surface area contributed by atoms with Crippen LogP contribution in [0.1, 0.15) is 12.8 Å². The topological polar surface area (TPSA) is 58.9 Å². The number of likely N-dealkylation sites (N-methyl/N-ethyl adjacent to an activating group) is 1. The van der Waals surface area contributed by atoms with E-state index in [-0.39, 0.29) is 11.0 Å². The van der Waals surface area contributed by atoms with Crippen LogP contribution < -0.4 is 0 Å². The molecule has 0 amide bonds. The third kappa shape index (κ3) is 2.90. The van der Waals surface area contributed by atoms with Crippen LogP contribution in [0.2, 0.25) is 0 Å². The summed E-state index contributed by atoms with van der Waals surface area (Å²) in [6, 6.07) is 0. The fourth-order valence-corrected chi connectivity index (χ4v) is 2.29. The van der Waals surface area contributed by atoms with Crippen molar-refractivity contribution >= 4 is 0 Å². The number of hydrogen-bond acceptors (Lipinski definition) is 5. The van der Waals surface area contributed by atoms with Gasteiger partial charge in [0.2, 0.25) is 0 Å². The van der Waals surface area contributed by atoms with Gasteiger partial charge in [-0.3, -0.25) is 15.0 Å². The maximum atomic E-state index is 10.5. The molecule has 0 spiro atoms. The van der Waals surface area contributed by atoms with E-state index in [4.69, 9.17) is 4.74 Å². The summed E-state index contributed by atoms with van der Waals surface area (Å²) in [5, 5.41) is 10.5. The molecule has 0 radical (unpaired) electrons. The number of piperazine rings is 1. The van der Waals surface area contributed by atoms with Crippen molar-refractivity contribution < 1.29 is 9.66 Å². The van der Waals surface area contributed by atoms with Gasteiger partial charge in [0.1, 0.15) is 0 Å². The van der Waals surface area contributed by atoms with Crippen LogP contribution in [0.25, 0.3) is 0 Å². The molecular formula is C10H19N3O3. The number of nitrogens with zero attached hydrogens (tertiary/aromatic N) is 3. The maximum Gasteiger partial charge on any atom is 0.315 e. The lowest BCUT2D eigenvalue weighted by molar-refractivity contribution is -0.571. The van der Waals surface area contributed by atoms with Crippen molar-refractivity contribution in [2.45, 2.75) is 25.2 Å². The molecule has 2 heterocycles. The standard InChI is InChI=1S/C10H19N3O3/c1-11-4-6-12(7-5-11)8-9-2-3-10(16-9)13(14)15/h9-10H,2-8H2,1H3/t9-,10+/m1/s1. The van der Waals surface area contributed by atoms with E-state index in [0.29, 0.717) is 6.42 Å². The molecule has 6 heteroatoms. The predicted molar refractivity (Wildman–Crippen MR) is 58.8 cm³/mol. The molecule has 0 aromatic heterocycles. The molecule has 2 aliphatic heterocycles. The van der Waals surface area contributed by atoms with Gasteiger partial charge in [-0.15, -0.1) is 0 Å². The second kappa shape index (κ2) is 5.07. The molecule has 0 aliphatic carbocycles. The Morgan fingerprint density at radius 1 is 1.31 bits per heavy atom. The molecule has 2 atom stereocenters. The van der Waals surface area contributed by atoms with Crippen LogP contribution in [-0.2, 0) is 4.74 Å². The average Bonchev–Trinajstić information content (AvgIpc) is 2.70. The first-order valence-corrected chi connectivity index (χ1v) is 5.85. The van der Waals surface area contributed by atoms with Crippen LogP contribution in [0.15, 0.2) is 0 Å². The monoisotopic (exact) mass is 229 g/mol. The summed E-state index contributed by atoms with van der Waals surface area (Å²) in [7, 11) is 2.12. The molecule has 2 aliphatic rings. The lowest BCUT2D eigenvalue weighted by Gasteiger charge is -2.33. The zero-order valence-corrected chi connectivity index (χ0v) is 9.67. The van der Waals surface area contributed by atoms with Crippen LogP contribution in [0.4, 0.5) is 0 Å². The van der Waals surface area contributed by atoms with Crippen LogP contribution in [0.3, 0.4) is 0 Å². The molecule has 6 nitrogen and oxygen atoms in total. The van der Waals surface area contributed by atoms with Crippen LogP contribution in [0.5, 0.6) is 0 Å². The summed E-state index contributed by atoms with van der Waals surface area (Å²) in [4.78, 5) is 14.9. The zero-order valence-electron chi connectivity index (χ0n) is 9.67. The molecule has 0 aromatic carbocycles. The molecule has 92 valence electrons. The van der Waals surface area contributed by atoms with Crippen molar-refractivity contribution in [3.05, 3.63) is 10.1 Å². The lowest BCUT2D eigenvalue weighted by Crippen LogP contribution is -2.47. The average molecular weight is 229 g/mol. The Labute approximate surface area is 95.3 Å². The smallest absolute Gasteiger partial charge is 0.312 e. The Morgan fingerprint density at radius 2 is 2.00 bits per heavy atom. The fraction of sp³-hybridized carbons (Fsp3) is 1.00. The molecule has 2 fully saturated rings. The maximum absolute atomic E-state index is 10.5. The van der Waals surface area contributed by atoms with Crippen LogP contribution >= 0.6 is 0 Å². The van der Waals surface area contributed by atoms with Crippen molar-refractivity contribution in [3.8, 4) is 0 Å². The molecule has 0 bridgehead atoms. The quantitative estimate of drug-likeness (QED) is 0.504. The molecule has 0 saturated carbocycles. The van der Waals surface area contributed by atoms with Crippen LogP contribution in [0, 0.1) is 10.1 Å². The number of nitro groups is 1. The largest absolute Gasteiger partial charge is 0.315 e. The first-order valence-electron chi connectivity index (χ1n) is 5.85. The van der Waals surface area contributed by atoms with Gasteiger partial charge in [0.25, 0.3) is 0 Å². The van der Waals surface area contributed by atoms with Gasteiger partial charge >= 0.3 is 6.23 Å². The van der Waals surface area contributed by atoms with Crippen molar-refractivity contribution in [2.75, 3.05) is 39.8 Å². The highest BCUT2D eigenvalue weighted by atomic mass is 16.7. The van der Waals surface area contributed by atoms with Gasteiger partial charge in [0.05, 0.1) is 11.0 Å². The summed E-state index contributed by atoms with van der Waals surface area (Å²) in [5.74, 6) is 0. The molecular weight excluding hydrogens is 210 g/mol. The van der Waals surface area contributed by atoms with E-state index in [1.165, 1.54) is 0 Å². The van der Waals surface area contributed by atoms with E-state index in [1.54, 1.807) is 0 Å². The Kier molecular flexibility index (Phi) is 3.73. The zero-order chi connectivity index (χ0) is 11.5. The molecule has 0 aromatic rings. The van der Waals surface area contributed by atoms with Gasteiger partial charge in [-0.2, -0.15) is 0 Å². The highest BCUT2D eigenvalue weighted by Gasteiger charge is 2.34. The summed E-state index contributed by atoms with van der Waals surface area (Å²) >= 11 is 0. The Balaban J connectivity index is 1.73. The molecule has 0 N–H and O–H groups in total. The molecule has 0 unspecified atom stereocenters. The van der Waals surface area contributed by atoms with E-state index < -0.39 is 6.23 Å². The summed E-state index contributed by atoms with van der Waals surface area (Å²) in [6.45, 7) is 5.08. The van der Waals surface area contributed by atoms with Gasteiger partial charge in [0, 0.05) is 39.1 Å². The van der Waals surface area contributed by atoms with E-state index >= 15 is 0 Å². The third-order valence-corrected chi connectivity index (χ3v) is 3.38. The van der Waals surface area contributed by atoms with Crippen molar-refractivity contribution in [1.82, 2.24) is 9.80 Å². The minimum Gasteiger partial charge on any atom is -0.312 e. The first kappa shape index (κ1) is 11.8. The highest BCUT2D eigenvalue weighted by molar-refractivity contribution is 4.76. The Hall–Kier alpha value is -0.720. The van der Waals surface area contributed by atoms with Gasteiger partial charge in [0.15, 0.2) is 0 Å². The normalized spacial score (nSPS) is 33.1. The van der Waals surface area contributed by atoms with Gasteiger partial charge in [-0.1, -0.05) is 0 Å². The van der Waals surface area contributed by atoms with Gasteiger partial charge in [-0.25, -0.2) is 0 Å². The Morgan fingerprint density at radius 3 is 2.56 bits per heavy atom. The first-order chi connectivity index (χ1) is 7.65. The number of hydrogen-bond donors (Lipinski definition) is 0. The second-order valence-corrected chi connectivity index (χ2v) is 4.68. The van der Waals surface area contributed by atoms with Crippen molar-refractivity contribution in [2.24, 2.45) is 0 Å². The molecule has 16 heavy (non-hydrogen) atoms. The van der Waals surface area contributed by atoms with E-state index in [0.717, 1.165) is 39.1 Å². The SMILES string of the molecule is CN1CCN(C[C@H]2CC[C@@H]([N+](=O)[O-])O2)CC1. The van der Waals surface area contributed by atoms with Gasteiger partial charge < -0.3 is 9.64 Å². The van der Waals surface area contributed by atoms with Crippen LogP contribution in [-0.4, -0.2) is 66.8 Å². The summed E-state index contributed by atoms with van der Waals surface area (Å²) in [5.41, 5.74) is 0. The highest BCUT2D eigenvalue weighted by Crippen LogP contribution is 2.21. The summed E-state index contributed by atoms with van der Waals surface area (Å²) < 4.78 is 5.40. The predicted octanol–water partition coefficient (Wildman–Crippen LogP) is 0.0156. The van der Waals surface area contributed by atoms with Crippen molar-refractivity contribution in [3.63, 3.8) is 0 Å². The van der Waals surface area contributed by atoms with Crippen molar-refractivity contribution in [1.29, 1.82) is 0 Å².